The summed E-state index contributed by atoms with van der Waals surface area (Å²) in [6.07, 6.45) is -0.141. The smallest absolute Gasteiger partial charge is 0.349 e. The number of carbonyl (C=O) groups excluding carboxylic acids is 3. The lowest BCUT2D eigenvalue weighted by Crippen LogP contribution is -2.34. The van der Waals surface area contributed by atoms with E-state index in [1.165, 1.54) is 5.48 Å². The van der Waals surface area contributed by atoms with Crippen molar-refractivity contribution in [3.05, 3.63) is 0 Å². The van der Waals surface area contributed by atoms with Crippen molar-refractivity contribution in [2.24, 2.45) is 10.8 Å². The lowest BCUT2D eigenvalue weighted by Gasteiger charge is -1.98. The topological polar surface area (TPSA) is 123 Å². The molecule has 0 aliphatic carbocycles. The van der Waals surface area contributed by atoms with Gasteiger partial charge in [0.05, 0.1) is 0 Å². The molecule has 0 aromatic carbocycles. The molecule has 60 valence electrons. The zero-order valence-electron chi connectivity index (χ0n) is 5.16. The molecule has 8 nitrogen and oxygen atoms in total. The molecule has 3 amide bonds. The second-order valence-electron chi connectivity index (χ2n) is 1.17. The fourth-order valence-corrected chi connectivity index (χ4v) is 0.188. The van der Waals surface area contributed by atoms with E-state index >= 15 is 0 Å². The molecule has 8 heteroatoms. The maximum Gasteiger partial charge on any atom is 0.452 e. The van der Waals surface area contributed by atoms with Crippen LogP contribution in [-0.2, 0) is 9.63 Å². The van der Waals surface area contributed by atoms with Gasteiger partial charge >= 0.3 is 12.1 Å². The molecule has 0 aliphatic rings. The summed E-state index contributed by atoms with van der Waals surface area (Å²) in [6.45, 7) is 0. The number of nitrogens with zero attached hydrogens (tertiary/aromatic N) is 1. The number of carbonyl (C=O) groups is 2. The van der Waals surface area contributed by atoms with Gasteiger partial charge in [-0.15, -0.1) is 0 Å². The van der Waals surface area contributed by atoms with E-state index in [9.17, 15) is 14.4 Å². The first-order valence-corrected chi connectivity index (χ1v) is 2.26. The zero-order valence-corrected chi connectivity index (χ0v) is 5.16. The number of nitrogens with two attached hydrogens (primary N) is 1. The molecule has 0 saturated heterocycles. The van der Waals surface area contributed by atoms with Gasteiger partial charge < -0.3 is 10.6 Å². The average Bonchev–Trinajstić information content (AvgIpc) is 1.97. The van der Waals surface area contributed by atoms with E-state index in [4.69, 9.17) is 0 Å². The van der Waals surface area contributed by atoms with Gasteiger partial charge in [0.25, 0.3) is 6.08 Å². The molecule has 0 atom stereocenters. The number of urea groups is 1. The van der Waals surface area contributed by atoms with E-state index < -0.39 is 12.1 Å². The van der Waals surface area contributed by atoms with Crippen molar-refractivity contribution in [3.63, 3.8) is 0 Å². The number of hydroxylamine groups is 1. The van der Waals surface area contributed by atoms with Crippen molar-refractivity contribution in [1.29, 1.82) is 0 Å². The average molecular weight is 160 g/mol. The number of hydrazone groups is 1. The molecule has 11 heavy (non-hydrogen) atoms. The van der Waals surface area contributed by atoms with E-state index in [1.54, 1.807) is 5.43 Å². The second kappa shape index (κ2) is 4.77. The Balaban J connectivity index is 3.53. The van der Waals surface area contributed by atoms with Crippen LogP contribution in [0.5, 0.6) is 0 Å². The SMILES string of the molecule is NC(=O)NOC(=O)NN=C=O. The fourth-order valence-electron chi connectivity index (χ4n) is 0.188. The summed E-state index contributed by atoms with van der Waals surface area (Å²) in [6, 6.07) is -1.05. The summed E-state index contributed by atoms with van der Waals surface area (Å²) < 4.78 is 0. The van der Waals surface area contributed by atoms with Gasteiger partial charge in [0, 0.05) is 0 Å². The van der Waals surface area contributed by atoms with Crippen LogP contribution in [0.4, 0.5) is 9.59 Å². The summed E-state index contributed by atoms with van der Waals surface area (Å²) in [5.74, 6) is 0. The van der Waals surface area contributed by atoms with Gasteiger partial charge in [-0.2, -0.15) is 10.9 Å². The normalized spacial score (nSPS) is 7.27. The first-order valence-electron chi connectivity index (χ1n) is 2.26. The molecule has 4 N–H and O–H groups in total. The minimum atomic E-state index is -1.15. The third-order valence-electron chi connectivity index (χ3n) is 0.437. The van der Waals surface area contributed by atoms with Crippen LogP contribution in [0.15, 0.2) is 5.10 Å². The molecule has 0 bridgehead atoms. The number of nitrogens with one attached hydrogen (secondary N) is 2. The summed E-state index contributed by atoms with van der Waals surface area (Å²) >= 11 is 0. The third kappa shape index (κ3) is 5.80. The highest BCUT2D eigenvalue weighted by molar-refractivity contribution is 5.74. The molecule has 0 aromatic heterocycles. The molecule has 0 unspecified atom stereocenters. The highest BCUT2D eigenvalue weighted by Crippen LogP contribution is 1.69. The van der Waals surface area contributed by atoms with E-state index in [0.29, 0.717) is 0 Å². The Kier molecular flexibility index (Phi) is 3.87. The van der Waals surface area contributed by atoms with Crippen molar-refractivity contribution in [3.8, 4) is 0 Å². The first kappa shape index (κ1) is 8.92. The standard InChI is InChI=1S/C3H4N4O4/c4-2(9)7-11-3(10)6-5-1-8/h(H,6,10)(H3,4,7,9). The quantitative estimate of drug-likeness (QED) is 0.246. The van der Waals surface area contributed by atoms with Crippen LogP contribution in [0.1, 0.15) is 0 Å². The van der Waals surface area contributed by atoms with Crippen LogP contribution < -0.4 is 16.6 Å². The molecule has 0 aromatic rings. The summed E-state index contributed by atoms with van der Waals surface area (Å²) in [4.78, 5) is 33.3. The van der Waals surface area contributed by atoms with Gasteiger partial charge in [-0.25, -0.2) is 14.4 Å². The fraction of sp³-hybridized carbons (Fsp3) is 0. The number of isocyanates is 1. The predicted octanol–water partition coefficient (Wildman–Crippen LogP) is -1.45. The van der Waals surface area contributed by atoms with Crippen LogP contribution >= 0.6 is 0 Å². The highest BCUT2D eigenvalue weighted by Gasteiger charge is 2.00. The van der Waals surface area contributed by atoms with Gasteiger partial charge in [0.2, 0.25) is 0 Å². The van der Waals surface area contributed by atoms with Gasteiger partial charge in [0.15, 0.2) is 0 Å². The molecule has 0 rings (SSSR count). The van der Waals surface area contributed by atoms with Crippen LogP contribution in [-0.4, -0.2) is 18.2 Å². The van der Waals surface area contributed by atoms with Crippen LogP contribution in [0.2, 0.25) is 0 Å². The van der Waals surface area contributed by atoms with E-state index in [0.717, 1.165) is 6.08 Å². The largest absolute Gasteiger partial charge is 0.452 e. The zero-order chi connectivity index (χ0) is 8.69. The van der Waals surface area contributed by atoms with E-state index in [1.807, 2.05) is 0 Å². The maximum atomic E-state index is 10.2. The minimum Gasteiger partial charge on any atom is -0.349 e. The Morgan fingerprint density at radius 2 is 2.18 bits per heavy atom. The van der Waals surface area contributed by atoms with Gasteiger partial charge in [-0.05, 0) is 0 Å². The second-order valence-corrected chi connectivity index (χ2v) is 1.17. The van der Waals surface area contributed by atoms with Crippen LogP contribution in [0.3, 0.4) is 0 Å². The Hall–Kier alpha value is -2.08. The summed E-state index contributed by atoms with van der Waals surface area (Å²) in [5, 5.41) is 2.63. The molecule has 0 saturated carbocycles. The lowest BCUT2D eigenvalue weighted by molar-refractivity contribution is 0.103. The molecule has 0 radical (unpaired) electrons. The molecule has 0 heterocycles. The lowest BCUT2D eigenvalue weighted by atomic mass is 11.1. The number of rotatable bonds is 1. The first-order chi connectivity index (χ1) is 5.16. The Bertz CT molecular complexity index is 207. The van der Waals surface area contributed by atoms with Gasteiger partial charge in [-0.1, -0.05) is 5.10 Å². The molecule has 0 fully saturated rings. The Morgan fingerprint density at radius 1 is 1.55 bits per heavy atom. The van der Waals surface area contributed by atoms with Gasteiger partial charge in [-0.3, -0.25) is 0 Å². The minimum absolute atomic E-state index is 1.01. The monoisotopic (exact) mass is 160 g/mol. The third-order valence-corrected chi connectivity index (χ3v) is 0.437. The number of hydrogen-bond donors (Lipinski definition) is 3. The van der Waals surface area contributed by atoms with Crippen molar-refractivity contribution in [1.82, 2.24) is 10.9 Å². The molecular weight excluding hydrogens is 156 g/mol. The van der Waals surface area contributed by atoms with Crippen LogP contribution in [0.25, 0.3) is 0 Å². The number of primary amides is 1. The van der Waals surface area contributed by atoms with Crippen molar-refractivity contribution >= 4 is 18.2 Å². The molecular formula is C3H4N4O4. The van der Waals surface area contributed by atoms with Gasteiger partial charge in [0.1, 0.15) is 0 Å². The highest BCUT2D eigenvalue weighted by atomic mass is 16.7. The molecule has 0 spiro atoms. The van der Waals surface area contributed by atoms with Crippen LogP contribution in [0, 0.1) is 0 Å². The number of hydrogen-bond acceptors (Lipinski definition) is 5. The maximum absolute atomic E-state index is 10.2. The number of amides is 3. The summed E-state index contributed by atoms with van der Waals surface area (Å²) in [5.41, 5.74) is 7.56. The summed E-state index contributed by atoms with van der Waals surface area (Å²) in [7, 11) is 0. The van der Waals surface area contributed by atoms with E-state index in [2.05, 4.69) is 15.7 Å². The molecule has 0 aliphatic heterocycles. The van der Waals surface area contributed by atoms with Crippen molar-refractivity contribution in [2.75, 3.05) is 0 Å². The van der Waals surface area contributed by atoms with E-state index in [-0.39, 0.29) is 0 Å². The van der Waals surface area contributed by atoms with Crippen molar-refractivity contribution < 1.29 is 19.2 Å². The van der Waals surface area contributed by atoms with Crippen molar-refractivity contribution in [2.45, 2.75) is 0 Å². The Morgan fingerprint density at radius 3 is 2.64 bits per heavy atom. The predicted molar refractivity (Wildman–Crippen MR) is 30.5 cm³/mol. The Labute approximate surface area is 60.3 Å².